The highest BCUT2D eigenvalue weighted by Crippen LogP contribution is 2.31. The van der Waals surface area contributed by atoms with Gasteiger partial charge >= 0.3 is 5.97 Å². The summed E-state index contributed by atoms with van der Waals surface area (Å²) in [4.78, 5) is 12.5. The van der Waals surface area contributed by atoms with Gasteiger partial charge in [0.05, 0.1) is 7.11 Å². The lowest BCUT2D eigenvalue weighted by Crippen LogP contribution is -2.42. The Bertz CT molecular complexity index is 573. The van der Waals surface area contributed by atoms with Crippen molar-refractivity contribution in [2.75, 3.05) is 13.7 Å². The average molecular weight is 317 g/mol. The molecule has 0 bridgehead atoms. The smallest absolute Gasteiger partial charge is 0.321 e. The molecule has 0 aliphatic heterocycles. The molecule has 1 aliphatic rings. The molecule has 0 N–H and O–H groups in total. The Morgan fingerprint density at radius 1 is 1.40 bits per heavy atom. The second kappa shape index (κ2) is 6.24. The van der Waals surface area contributed by atoms with Crippen molar-refractivity contribution in [2.45, 2.75) is 42.9 Å². The number of sulfonamides is 1. The van der Waals surface area contributed by atoms with Gasteiger partial charge in [0.25, 0.3) is 10.0 Å². The number of hydrogen-bond acceptors (Lipinski definition) is 5. The molecule has 1 heterocycles. The quantitative estimate of drug-likeness (QED) is 0.781. The molecule has 1 aliphatic carbocycles. The number of aryl methyl sites for hydroxylation is 1. The molecular formula is C13H19NO4S2. The van der Waals surface area contributed by atoms with Crippen LogP contribution in [0.15, 0.2) is 16.3 Å². The van der Waals surface area contributed by atoms with Crippen LogP contribution in [0.3, 0.4) is 0 Å². The monoisotopic (exact) mass is 317 g/mol. The van der Waals surface area contributed by atoms with Crippen LogP contribution in [0.2, 0.25) is 0 Å². The molecule has 0 aromatic carbocycles. The Kier molecular flexibility index (Phi) is 4.82. The molecule has 0 spiro atoms. The van der Waals surface area contributed by atoms with E-state index >= 15 is 0 Å². The van der Waals surface area contributed by atoms with E-state index in [1.807, 2.05) is 6.92 Å². The van der Waals surface area contributed by atoms with Crippen LogP contribution in [-0.4, -0.2) is 38.4 Å². The summed E-state index contributed by atoms with van der Waals surface area (Å²) in [5.74, 6) is -0.520. The van der Waals surface area contributed by atoms with E-state index in [1.54, 1.807) is 12.1 Å². The molecule has 0 amide bonds. The fraction of sp³-hybridized carbons (Fsp3) is 0.615. The molecule has 0 saturated heterocycles. The molecule has 0 radical (unpaired) electrons. The van der Waals surface area contributed by atoms with Gasteiger partial charge in [0.15, 0.2) is 0 Å². The van der Waals surface area contributed by atoms with Crippen LogP contribution in [0.4, 0.5) is 0 Å². The molecule has 1 fully saturated rings. The van der Waals surface area contributed by atoms with Crippen LogP contribution >= 0.6 is 11.3 Å². The topological polar surface area (TPSA) is 63.7 Å². The van der Waals surface area contributed by atoms with Crippen LogP contribution in [0.25, 0.3) is 0 Å². The molecule has 2 rings (SSSR count). The second-order valence-electron chi connectivity index (χ2n) is 4.93. The van der Waals surface area contributed by atoms with E-state index in [9.17, 15) is 13.2 Å². The number of hydrogen-bond donors (Lipinski definition) is 0. The zero-order chi connectivity index (χ0) is 14.8. The van der Waals surface area contributed by atoms with Gasteiger partial charge in [-0.15, -0.1) is 11.3 Å². The number of esters is 1. The molecule has 20 heavy (non-hydrogen) atoms. The third-order valence-corrected chi connectivity index (χ3v) is 6.89. The van der Waals surface area contributed by atoms with Crippen LogP contribution in [0.5, 0.6) is 0 Å². The molecule has 0 unspecified atom stereocenters. The van der Waals surface area contributed by atoms with Gasteiger partial charge in [-0.1, -0.05) is 12.8 Å². The molecule has 0 atom stereocenters. The minimum atomic E-state index is -3.62. The van der Waals surface area contributed by atoms with Gasteiger partial charge in [0.2, 0.25) is 0 Å². The third-order valence-electron chi connectivity index (χ3n) is 3.52. The Morgan fingerprint density at radius 2 is 2.05 bits per heavy atom. The third kappa shape index (κ3) is 3.21. The summed E-state index contributed by atoms with van der Waals surface area (Å²) >= 11 is 1.23. The van der Waals surface area contributed by atoms with E-state index < -0.39 is 16.0 Å². The van der Waals surface area contributed by atoms with E-state index in [4.69, 9.17) is 0 Å². The fourth-order valence-electron chi connectivity index (χ4n) is 2.46. The normalized spacial score (nSPS) is 16.8. The highest BCUT2D eigenvalue weighted by Gasteiger charge is 2.35. The van der Waals surface area contributed by atoms with Crippen molar-refractivity contribution < 1.29 is 17.9 Å². The Morgan fingerprint density at radius 3 is 2.55 bits per heavy atom. The van der Waals surface area contributed by atoms with Crippen LogP contribution in [-0.2, 0) is 19.6 Å². The van der Waals surface area contributed by atoms with Crippen molar-refractivity contribution in [3.8, 4) is 0 Å². The van der Waals surface area contributed by atoms with Gasteiger partial charge in [-0.25, -0.2) is 8.42 Å². The molecule has 1 aromatic heterocycles. The highest BCUT2D eigenvalue weighted by molar-refractivity contribution is 7.91. The number of thiophene rings is 1. The summed E-state index contributed by atoms with van der Waals surface area (Å²) in [7, 11) is -2.34. The summed E-state index contributed by atoms with van der Waals surface area (Å²) in [5.41, 5.74) is 0. The SMILES string of the molecule is COC(=O)CN(C1CCCC1)S(=O)(=O)c1ccc(C)s1. The Hall–Kier alpha value is -0.920. The largest absolute Gasteiger partial charge is 0.468 e. The molecule has 7 heteroatoms. The number of carbonyl (C=O) groups is 1. The number of nitrogens with zero attached hydrogens (tertiary/aromatic N) is 1. The minimum Gasteiger partial charge on any atom is -0.468 e. The van der Waals surface area contributed by atoms with E-state index in [2.05, 4.69) is 4.74 Å². The lowest BCUT2D eigenvalue weighted by molar-refractivity contribution is -0.141. The van der Waals surface area contributed by atoms with Gasteiger partial charge in [0, 0.05) is 10.9 Å². The first kappa shape index (κ1) is 15.5. The lowest BCUT2D eigenvalue weighted by atomic mass is 10.2. The van der Waals surface area contributed by atoms with Crippen molar-refractivity contribution in [1.29, 1.82) is 0 Å². The number of methoxy groups -OCH3 is 1. The lowest BCUT2D eigenvalue weighted by Gasteiger charge is -2.26. The average Bonchev–Trinajstić information content (AvgIpc) is 3.06. The number of rotatable bonds is 5. The fourth-order valence-corrected chi connectivity index (χ4v) is 5.50. The second-order valence-corrected chi connectivity index (χ2v) is 8.34. The van der Waals surface area contributed by atoms with Crippen molar-refractivity contribution in [3.05, 3.63) is 17.0 Å². The van der Waals surface area contributed by atoms with E-state index in [1.165, 1.54) is 22.8 Å². The highest BCUT2D eigenvalue weighted by atomic mass is 32.2. The molecular weight excluding hydrogens is 298 g/mol. The summed E-state index contributed by atoms with van der Waals surface area (Å²) in [5, 5.41) is 0. The van der Waals surface area contributed by atoms with Gasteiger partial charge in [-0.3, -0.25) is 4.79 Å². The van der Waals surface area contributed by atoms with Gasteiger partial charge in [-0.05, 0) is 31.9 Å². The maximum absolute atomic E-state index is 12.7. The van der Waals surface area contributed by atoms with E-state index in [-0.39, 0.29) is 12.6 Å². The van der Waals surface area contributed by atoms with Crippen LogP contribution < -0.4 is 0 Å². The maximum atomic E-state index is 12.7. The van der Waals surface area contributed by atoms with Crippen molar-refractivity contribution in [2.24, 2.45) is 0 Å². The van der Waals surface area contributed by atoms with Crippen LogP contribution in [0, 0.1) is 6.92 Å². The molecule has 112 valence electrons. The summed E-state index contributed by atoms with van der Waals surface area (Å²) in [6, 6.07) is 3.29. The van der Waals surface area contributed by atoms with Crippen LogP contribution in [0.1, 0.15) is 30.6 Å². The maximum Gasteiger partial charge on any atom is 0.321 e. The van der Waals surface area contributed by atoms with Gasteiger partial charge in [-0.2, -0.15) is 4.31 Å². The van der Waals surface area contributed by atoms with Crippen molar-refractivity contribution in [1.82, 2.24) is 4.31 Å². The first-order chi connectivity index (χ1) is 9.45. The zero-order valence-corrected chi connectivity index (χ0v) is 13.3. The Labute approximate surface area is 123 Å². The number of carbonyl (C=O) groups excluding carboxylic acids is 1. The van der Waals surface area contributed by atoms with Crippen molar-refractivity contribution >= 4 is 27.3 Å². The Balaban J connectivity index is 2.31. The van der Waals surface area contributed by atoms with E-state index in [0.29, 0.717) is 4.21 Å². The molecule has 5 nitrogen and oxygen atoms in total. The predicted molar refractivity (Wildman–Crippen MR) is 77.2 cm³/mol. The summed E-state index contributed by atoms with van der Waals surface area (Å²) in [6.45, 7) is 1.66. The minimum absolute atomic E-state index is 0.0958. The molecule has 1 aromatic rings. The standard InChI is InChI=1S/C13H19NO4S2/c1-10-7-8-13(19-10)20(16,17)14(9-12(15)18-2)11-5-3-4-6-11/h7-8,11H,3-6,9H2,1-2H3. The first-order valence-corrected chi connectivity index (χ1v) is 8.86. The van der Waals surface area contributed by atoms with Gasteiger partial charge in [0.1, 0.15) is 10.8 Å². The summed E-state index contributed by atoms with van der Waals surface area (Å²) in [6.07, 6.45) is 3.61. The first-order valence-electron chi connectivity index (χ1n) is 6.60. The van der Waals surface area contributed by atoms with Crippen molar-refractivity contribution in [3.63, 3.8) is 0 Å². The zero-order valence-electron chi connectivity index (χ0n) is 11.7. The number of ether oxygens (including phenoxy) is 1. The van der Waals surface area contributed by atoms with Gasteiger partial charge < -0.3 is 4.74 Å². The molecule has 1 saturated carbocycles. The predicted octanol–water partition coefficient (Wildman–Crippen LogP) is 2.16. The van der Waals surface area contributed by atoms with E-state index in [0.717, 1.165) is 30.6 Å². The summed E-state index contributed by atoms with van der Waals surface area (Å²) < 4.78 is 31.7.